The molecule has 0 amide bonds. The Kier molecular flexibility index (Phi) is 3.43. The van der Waals surface area contributed by atoms with E-state index in [2.05, 4.69) is 20.9 Å². The number of fused-ring (bicyclic) bond motifs is 1. The normalized spacial score (nSPS) is 13.0. The fourth-order valence-corrected chi connectivity index (χ4v) is 3.20. The minimum atomic E-state index is -0.513. The van der Waals surface area contributed by atoms with Gasteiger partial charge >= 0.3 is 0 Å². The van der Waals surface area contributed by atoms with Crippen molar-refractivity contribution in [3.8, 4) is 10.6 Å². The molecular weight excluding hydrogens is 324 g/mol. The van der Waals surface area contributed by atoms with E-state index >= 15 is 0 Å². The lowest BCUT2D eigenvalue weighted by Gasteiger charge is -2.10. The quantitative estimate of drug-likeness (QED) is 0.775. The zero-order chi connectivity index (χ0) is 13.4. The predicted molar refractivity (Wildman–Crippen MR) is 81.5 cm³/mol. The number of pyridine rings is 1. The van der Waals surface area contributed by atoms with Crippen LogP contribution in [0.15, 0.2) is 40.3 Å². The first-order valence-electron chi connectivity index (χ1n) is 6.10. The molecule has 3 nitrogen and oxygen atoms in total. The second-order valence-electron chi connectivity index (χ2n) is 4.32. The summed E-state index contributed by atoms with van der Waals surface area (Å²) in [6.07, 6.45) is 2.10. The van der Waals surface area contributed by atoms with Crippen LogP contribution >= 0.6 is 27.3 Å². The molecule has 3 aromatic heterocycles. The Morgan fingerprint density at radius 2 is 2.26 bits per heavy atom. The summed E-state index contributed by atoms with van der Waals surface area (Å²) in [5.74, 6) is 0. The first kappa shape index (κ1) is 12.8. The van der Waals surface area contributed by atoms with Crippen molar-refractivity contribution >= 4 is 32.9 Å². The number of rotatable bonds is 3. The van der Waals surface area contributed by atoms with Crippen LogP contribution in [0.3, 0.4) is 0 Å². The van der Waals surface area contributed by atoms with Gasteiger partial charge < -0.3 is 5.11 Å². The summed E-state index contributed by atoms with van der Waals surface area (Å²) in [5, 5.41) is 12.3. The summed E-state index contributed by atoms with van der Waals surface area (Å²) in [5.41, 5.74) is 2.60. The van der Waals surface area contributed by atoms with Gasteiger partial charge in [0.1, 0.15) is 11.3 Å². The van der Waals surface area contributed by atoms with Crippen molar-refractivity contribution in [3.05, 3.63) is 46.0 Å². The van der Waals surface area contributed by atoms with Gasteiger partial charge in [-0.1, -0.05) is 13.0 Å². The van der Waals surface area contributed by atoms with Crippen LogP contribution in [0.4, 0.5) is 0 Å². The number of aliphatic hydroxyl groups excluding tert-OH is 1. The maximum Gasteiger partial charge on any atom is 0.137 e. The number of hydrogen-bond acceptors (Lipinski definition) is 3. The molecule has 5 heteroatoms. The van der Waals surface area contributed by atoms with Crippen molar-refractivity contribution < 1.29 is 5.11 Å². The van der Waals surface area contributed by atoms with Crippen LogP contribution < -0.4 is 0 Å². The molecule has 3 aromatic rings. The van der Waals surface area contributed by atoms with E-state index in [0.717, 1.165) is 26.4 Å². The Morgan fingerprint density at radius 1 is 1.42 bits per heavy atom. The van der Waals surface area contributed by atoms with E-state index in [1.54, 1.807) is 11.3 Å². The summed E-state index contributed by atoms with van der Waals surface area (Å²) >= 11 is 5.11. The maximum atomic E-state index is 10.3. The number of nitrogens with zero attached hydrogens (tertiary/aromatic N) is 2. The van der Waals surface area contributed by atoms with Crippen LogP contribution in [-0.4, -0.2) is 14.5 Å². The largest absolute Gasteiger partial charge is 0.387 e. The van der Waals surface area contributed by atoms with Crippen molar-refractivity contribution in [1.82, 2.24) is 9.38 Å². The Balaban J connectivity index is 2.32. The molecule has 0 bridgehead atoms. The SMILES string of the molecule is CCC(O)c1c(-c2cccs2)nc2ccc(Br)cn12. The van der Waals surface area contributed by atoms with Gasteiger partial charge in [0.05, 0.1) is 16.7 Å². The Morgan fingerprint density at radius 3 is 2.95 bits per heavy atom. The van der Waals surface area contributed by atoms with E-state index in [0.29, 0.717) is 6.42 Å². The van der Waals surface area contributed by atoms with Crippen LogP contribution in [-0.2, 0) is 0 Å². The van der Waals surface area contributed by atoms with E-state index in [4.69, 9.17) is 0 Å². The van der Waals surface area contributed by atoms with Crippen LogP contribution in [0.2, 0.25) is 0 Å². The van der Waals surface area contributed by atoms with Gasteiger partial charge in [-0.25, -0.2) is 4.98 Å². The highest BCUT2D eigenvalue weighted by Crippen LogP contribution is 2.33. The van der Waals surface area contributed by atoms with Crippen molar-refractivity contribution in [2.45, 2.75) is 19.4 Å². The summed E-state index contributed by atoms with van der Waals surface area (Å²) in [7, 11) is 0. The molecule has 19 heavy (non-hydrogen) atoms. The van der Waals surface area contributed by atoms with Gasteiger partial charge in [-0.05, 0) is 45.9 Å². The lowest BCUT2D eigenvalue weighted by Crippen LogP contribution is -2.01. The van der Waals surface area contributed by atoms with Gasteiger partial charge in [-0.2, -0.15) is 0 Å². The van der Waals surface area contributed by atoms with E-state index in [9.17, 15) is 5.11 Å². The number of thiophene rings is 1. The molecule has 0 radical (unpaired) electrons. The van der Waals surface area contributed by atoms with Crippen molar-refractivity contribution in [2.75, 3.05) is 0 Å². The molecule has 0 aromatic carbocycles. The number of aliphatic hydroxyl groups is 1. The molecule has 0 saturated heterocycles. The van der Waals surface area contributed by atoms with E-state index < -0.39 is 6.10 Å². The van der Waals surface area contributed by atoms with Gasteiger partial charge in [-0.15, -0.1) is 11.3 Å². The molecule has 0 spiro atoms. The van der Waals surface area contributed by atoms with Gasteiger partial charge in [0, 0.05) is 10.7 Å². The average molecular weight is 337 g/mol. The molecule has 0 saturated carbocycles. The van der Waals surface area contributed by atoms with Crippen LogP contribution in [0.25, 0.3) is 16.2 Å². The molecule has 1 N–H and O–H groups in total. The molecule has 1 unspecified atom stereocenters. The minimum Gasteiger partial charge on any atom is -0.387 e. The van der Waals surface area contributed by atoms with Crippen molar-refractivity contribution in [3.63, 3.8) is 0 Å². The molecule has 0 aliphatic rings. The number of imidazole rings is 1. The molecule has 0 aliphatic carbocycles. The summed E-state index contributed by atoms with van der Waals surface area (Å²) in [6, 6.07) is 7.95. The minimum absolute atomic E-state index is 0.513. The fourth-order valence-electron chi connectivity index (χ4n) is 2.14. The second-order valence-corrected chi connectivity index (χ2v) is 6.19. The average Bonchev–Trinajstić information content (AvgIpc) is 3.03. The monoisotopic (exact) mass is 336 g/mol. The van der Waals surface area contributed by atoms with Crippen molar-refractivity contribution in [2.24, 2.45) is 0 Å². The van der Waals surface area contributed by atoms with E-state index in [1.807, 2.05) is 47.2 Å². The van der Waals surface area contributed by atoms with Gasteiger partial charge in [0.2, 0.25) is 0 Å². The fraction of sp³-hybridized carbons (Fsp3) is 0.214. The number of aromatic nitrogens is 2. The van der Waals surface area contributed by atoms with Gasteiger partial charge in [0.15, 0.2) is 0 Å². The maximum absolute atomic E-state index is 10.3. The Labute approximate surface area is 123 Å². The van der Waals surface area contributed by atoms with Gasteiger partial charge in [-0.3, -0.25) is 4.40 Å². The first-order valence-corrected chi connectivity index (χ1v) is 7.77. The van der Waals surface area contributed by atoms with E-state index in [1.165, 1.54) is 0 Å². The molecule has 0 fully saturated rings. The van der Waals surface area contributed by atoms with Crippen LogP contribution in [0.5, 0.6) is 0 Å². The molecule has 3 heterocycles. The van der Waals surface area contributed by atoms with Crippen LogP contribution in [0, 0.1) is 0 Å². The van der Waals surface area contributed by atoms with E-state index in [-0.39, 0.29) is 0 Å². The third-order valence-electron chi connectivity index (χ3n) is 3.08. The van der Waals surface area contributed by atoms with Crippen LogP contribution in [0.1, 0.15) is 25.1 Å². The molecule has 0 aliphatic heterocycles. The molecular formula is C14H13BrN2OS. The van der Waals surface area contributed by atoms with Crippen molar-refractivity contribution in [1.29, 1.82) is 0 Å². The molecule has 1 atom stereocenters. The second kappa shape index (κ2) is 5.07. The summed E-state index contributed by atoms with van der Waals surface area (Å²) in [6.45, 7) is 1.97. The Hall–Kier alpha value is -1.17. The third-order valence-corrected chi connectivity index (χ3v) is 4.42. The third kappa shape index (κ3) is 2.22. The molecule has 98 valence electrons. The first-order chi connectivity index (χ1) is 9.20. The lowest BCUT2D eigenvalue weighted by molar-refractivity contribution is 0.168. The summed E-state index contributed by atoms with van der Waals surface area (Å²) in [4.78, 5) is 5.74. The number of hydrogen-bond donors (Lipinski definition) is 1. The zero-order valence-electron chi connectivity index (χ0n) is 10.4. The lowest BCUT2D eigenvalue weighted by atomic mass is 10.1. The topological polar surface area (TPSA) is 37.5 Å². The number of halogens is 1. The van der Waals surface area contributed by atoms with Gasteiger partial charge in [0.25, 0.3) is 0 Å². The standard InChI is InChI=1S/C14H13BrN2OS/c1-2-10(18)14-13(11-4-3-7-19-11)16-12-6-5-9(15)8-17(12)14/h3-8,10,18H,2H2,1H3. The smallest absolute Gasteiger partial charge is 0.137 e. The predicted octanol–water partition coefficient (Wildman–Crippen LogP) is 4.27. The molecule has 3 rings (SSSR count). The zero-order valence-corrected chi connectivity index (χ0v) is 12.8. The highest BCUT2D eigenvalue weighted by Gasteiger charge is 2.20. The highest BCUT2D eigenvalue weighted by molar-refractivity contribution is 9.10. The summed E-state index contributed by atoms with van der Waals surface area (Å²) < 4.78 is 2.94. The highest BCUT2D eigenvalue weighted by atomic mass is 79.9. The Bertz CT molecular complexity index is 706.